The fraction of sp³-hybridized carbons (Fsp3) is 0.385. The van der Waals surface area contributed by atoms with Crippen LogP contribution in [0.25, 0.3) is 0 Å². The van der Waals surface area contributed by atoms with Gasteiger partial charge in [0.05, 0.1) is 14.2 Å². The van der Waals surface area contributed by atoms with E-state index >= 15 is 0 Å². The van der Waals surface area contributed by atoms with Crippen molar-refractivity contribution in [3.05, 3.63) is 29.6 Å². The maximum Gasteiger partial charge on any atom is 0.202 e. The predicted octanol–water partition coefficient (Wildman–Crippen LogP) is 2.31. The van der Waals surface area contributed by atoms with Gasteiger partial charge in [0, 0.05) is 36.8 Å². The molecular weight excluding hydrogens is 278 g/mol. The molecule has 0 radical (unpaired) electrons. The summed E-state index contributed by atoms with van der Waals surface area (Å²) in [5.41, 5.74) is 1.02. The first-order valence-corrected chi connectivity index (χ1v) is 6.80. The Morgan fingerprint density at radius 1 is 1.20 bits per heavy atom. The Hall–Kier alpha value is -1.86. The van der Waals surface area contributed by atoms with Gasteiger partial charge in [-0.15, -0.1) is 0 Å². The zero-order chi connectivity index (χ0) is 14.4. The van der Waals surface area contributed by atoms with Gasteiger partial charge in [-0.05, 0) is 12.1 Å². The van der Waals surface area contributed by atoms with Crippen LogP contribution in [0.1, 0.15) is 11.4 Å². The Kier molecular flexibility index (Phi) is 5.14. The van der Waals surface area contributed by atoms with Crippen LogP contribution in [0.2, 0.25) is 0 Å². The second kappa shape index (κ2) is 7.06. The quantitative estimate of drug-likeness (QED) is 0.845. The van der Waals surface area contributed by atoms with Gasteiger partial charge in [-0.2, -0.15) is 4.37 Å². The molecule has 0 fully saturated rings. The van der Waals surface area contributed by atoms with Crippen molar-refractivity contribution in [2.45, 2.75) is 13.2 Å². The maximum atomic E-state index is 5.35. The van der Waals surface area contributed by atoms with Crippen LogP contribution in [-0.4, -0.2) is 30.7 Å². The SMILES string of the molecule is COCc1nsc(NCc2ccc(OC)cc2OC)n1. The lowest BCUT2D eigenvalue weighted by atomic mass is 10.2. The molecule has 0 spiro atoms. The van der Waals surface area contributed by atoms with Gasteiger partial charge in [0.2, 0.25) is 5.13 Å². The van der Waals surface area contributed by atoms with Gasteiger partial charge in [0.25, 0.3) is 0 Å². The summed E-state index contributed by atoms with van der Waals surface area (Å²) in [4.78, 5) is 4.31. The van der Waals surface area contributed by atoms with Crippen molar-refractivity contribution in [3.8, 4) is 11.5 Å². The number of nitrogens with zero attached hydrogens (tertiary/aromatic N) is 2. The van der Waals surface area contributed by atoms with Gasteiger partial charge in [-0.1, -0.05) is 0 Å². The van der Waals surface area contributed by atoms with Crippen molar-refractivity contribution in [2.75, 3.05) is 26.6 Å². The second-order valence-electron chi connectivity index (χ2n) is 3.98. The summed E-state index contributed by atoms with van der Waals surface area (Å²) >= 11 is 1.31. The van der Waals surface area contributed by atoms with E-state index in [4.69, 9.17) is 14.2 Å². The van der Waals surface area contributed by atoms with E-state index in [1.165, 1.54) is 11.5 Å². The molecule has 0 bridgehead atoms. The molecule has 0 amide bonds. The number of aromatic nitrogens is 2. The molecule has 0 aliphatic carbocycles. The van der Waals surface area contributed by atoms with Gasteiger partial charge >= 0.3 is 0 Å². The van der Waals surface area contributed by atoms with Crippen molar-refractivity contribution in [1.29, 1.82) is 0 Å². The Labute approximate surface area is 121 Å². The van der Waals surface area contributed by atoms with Crippen molar-refractivity contribution in [3.63, 3.8) is 0 Å². The lowest BCUT2D eigenvalue weighted by molar-refractivity contribution is 0.179. The lowest BCUT2D eigenvalue weighted by Crippen LogP contribution is -2.02. The molecule has 2 rings (SSSR count). The highest BCUT2D eigenvalue weighted by Gasteiger charge is 2.07. The molecule has 20 heavy (non-hydrogen) atoms. The van der Waals surface area contributed by atoms with Gasteiger partial charge in [0.15, 0.2) is 5.82 Å². The average molecular weight is 295 g/mol. The Morgan fingerprint density at radius 3 is 2.75 bits per heavy atom. The summed E-state index contributed by atoms with van der Waals surface area (Å²) in [6, 6.07) is 5.71. The van der Waals surface area contributed by atoms with Crippen molar-refractivity contribution in [1.82, 2.24) is 9.36 Å². The minimum atomic E-state index is 0.421. The molecule has 1 aromatic heterocycles. The number of anilines is 1. The van der Waals surface area contributed by atoms with Gasteiger partial charge in [-0.3, -0.25) is 0 Å². The normalized spacial score (nSPS) is 10.3. The van der Waals surface area contributed by atoms with E-state index in [1.54, 1.807) is 21.3 Å². The number of nitrogens with one attached hydrogen (secondary N) is 1. The van der Waals surface area contributed by atoms with E-state index in [9.17, 15) is 0 Å². The number of hydrogen-bond donors (Lipinski definition) is 1. The van der Waals surface area contributed by atoms with Crippen LogP contribution in [0.5, 0.6) is 11.5 Å². The molecule has 0 saturated carbocycles. The smallest absolute Gasteiger partial charge is 0.202 e. The third kappa shape index (κ3) is 3.58. The molecule has 6 nitrogen and oxygen atoms in total. The van der Waals surface area contributed by atoms with Crippen molar-refractivity contribution < 1.29 is 14.2 Å². The molecule has 0 atom stereocenters. The summed E-state index contributed by atoms with van der Waals surface area (Å²) < 4.78 is 19.7. The van der Waals surface area contributed by atoms with E-state index in [0.717, 1.165) is 22.2 Å². The molecular formula is C13H17N3O3S. The standard InChI is InChI=1S/C13H17N3O3S/c1-17-8-12-15-13(20-16-12)14-7-9-4-5-10(18-2)6-11(9)19-3/h4-6H,7-8H2,1-3H3,(H,14,15,16). The zero-order valence-corrected chi connectivity index (χ0v) is 12.5. The van der Waals surface area contributed by atoms with Crippen LogP contribution in [0.15, 0.2) is 18.2 Å². The molecule has 1 N–H and O–H groups in total. The average Bonchev–Trinajstić information content (AvgIpc) is 2.93. The number of ether oxygens (including phenoxy) is 3. The van der Waals surface area contributed by atoms with E-state index < -0.39 is 0 Å². The highest BCUT2D eigenvalue weighted by molar-refractivity contribution is 7.09. The van der Waals surface area contributed by atoms with Crippen molar-refractivity contribution in [2.24, 2.45) is 0 Å². The topological polar surface area (TPSA) is 65.5 Å². The van der Waals surface area contributed by atoms with Gasteiger partial charge < -0.3 is 19.5 Å². The van der Waals surface area contributed by atoms with Crippen LogP contribution < -0.4 is 14.8 Å². The molecule has 1 heterocycles. The Bertz CT molecular complexity index is 560. The lowest BCUT2D eigenvalue weighted by Gasteiger charge is -2.10. The Morgan fingerprint density at radius 2 is 2.05 bits per heavy atom. The maximum absolute atomic E-state index is 5.35. The van der Waals surface area contributed by atoms with Crippen molar-refractivity contribution >= 4 is 16.7 Å². The predicted molar refractivity (Wildman–Crippen MR) is 77.5 cm³/mol. The summed E-state index contributed by atoms with van der Waals surface area (Å²) in [6.45, 7) is 1.03. The van der Waals surface area contributed by atoms with E-state index in [0.29, 0.717) is 19.0 Å². The molecule has 7 heteroatoms. The summed E-state index contributed by atoms with van der Waals surface area (Å²) in [6.07, 6.45) is 0. The highest BCUT2D eigenvalue weighted by Crippen LogP contribution is 2.25. The van der Waals surface area contributed by atoms with Crippen LogP contribution in [0.3, 0.4) is 0 Å². The monoisotopic (exact) mass is 295 g/mol. The van der Waals surface area contributed by atoms with Crippen LogP contribution >= 0.6 is 11.5 Å². The molecule has 2 aromatic rings. The first-order valence-electron chi connectivity index (χ1n) is 6.03. The van der Waals surface area contributed by atoms with E-state index in [2.05, 4.69) is 14.7 Å². The summed E-state index contributed by atoms with van der Waals surface area (Å²) in [5, 5.41) is 3.98. The molecule has 0 saturated heterocycles. The molecule has 1 aromatic carbocycles. The number of rotatable bonds is 7. The molecule has 0 aliphatic rings. The minimum Gasteiger partial charge on any atom is -0.497 e. The molecule has 108 valence electrons. The number of methoxy groups -OCH3 is 3. The largest absolute Gasteiger partial charge is 0.497 e. The Balaban J connectivity index is 2.02. The zero-order valence-electron chi connectivity index (χ0n) is 11.7. The van der Waals surface area contributed by atoms with Gasteiger partial charge in [0.1, 0.15) is 18.1 Å². The highest BCUT2D eigenvalue weighted by atomic mass is 32.1. The molecule has 0 aliphatic heterocycles. The second-order valence-corrected chi connectivity index (χ2v) is 4.73. The summed E-state index contributed by atoms with van der Waals surface area (Å²) in [5.74, 6) is 2.23. The van der Waals surface area contributed by atoms with E-state index in [-0.39, 0.29) is 0 Å². The first kappa shape index (κ1) is 14.5. The summed E-state index contributed by atoms with van der Waals surface area (Å²) in [7, 11) is 4.89. The molecule has 0 unspecified atom stereocenters. The number of hydrogen-bond acceptors (Lipinski definition) is 7. The van der Waals surface area contributed by atoms with Gasteiger partial charge in [-0.25, -0.2) is 4.98 Å². The fourth-order valence-electron chi connectivity index (χ4n) is 1.68. The van der Waals surface area contributed by atoms with Crippen LogP contribution in [0.4, 0.5) is 5.13 Å². The number of benzene rings is 1. The third-order valence-corrected chi connectivity index (χ3v) is 3.38. The minimum absolute atomic E-state index is 0.421. The first-order chi connectivity index (χ1) is 9.76. The van der Waals surface area contributed by atoms with E-state index in [1.807, 2.05) is 18.2 Å². The van der Waals surface area contributed by atoms with Crippen LogP contribution in [-0.2, 0) is 17.9 Å². The third-order valence-electron chi connectivity index (χ3n) is 2.67. The fourth-order valence-corrected chi connectivity index (χ4v) is 2.25. The van der Waals surface area contributed by atoms with Crippen LogP contribution in [0, 0.1) is 0 Å².